The van der Waals surface area contributed by atoms with Crippen molar-refractivity contribution in [1.82, 2.24) is 9.89 Å². The second kappa shape index (κ2) is 4.36. The molecule has 1 aromatic rings. The molecule has 1 aliphatic rings. The SMILES string of the molecule is O=C1Nn2nc(Br)cc2NCC1CC(F)F. The van der Waals surface area contributed by atoms with Crippen LogP contribution in [0, 0.1) is 5.92 Å². The molecule has 0 bridgehead atoms. The number of carbonyl (C=O) groups is 1. The summed E-state index contributed by atoms with van der Waals surface area (Å²) in [6, 6.07) is 1.66. The molecule has 0 spiro atoms. The highest BCUT2D eigenvalue weighted by atomic mass is 79.9. The van der Waals surface area contributed by atoms with Crippen LogP contribution in [0.4, 0.5) is 14.6 Å². The Hall–Kier alpha value is -1.18. The van der Waals surface area contributed by atoms with Crippen LogP contribution >= 0.6 is 15.9 Å². The van der Waals surface area contributed by atoms with Crippen LogP contribution in [0.1, 0.15) is 6.42 Å². The highest BCUT2D eigenvalue weighted by Crippen LogP contribution is 2.20. The average molecular weight is 295 g/mol. The second-order valence-electron chi connectivity index (χ2n) is 3.44. The van der Waals surface area contributed by atoms with Crippen molar-refractivity contribution < 1.29 is 13.6 Å². The zero-order valence-corrected chi connectivity index (χ0v) is 9.67. The number of hydrogen-bond donors (Lipinski definition) is 2. The number of carbonyl (C=O) groups excluding carboxylic acids is 1. The van der Waals surface area contributed by atoms with Gasteiger partial charge in [-0.3, -0.25) is 4.79 Å². The van der Waals surface area contributed by atoms with Crippen LogP contribution in [0.2, 0.25) is 0 Å². The van der Waals surface area contributed by atoms with Gasteiger partial charge >= 0.3 is 0 Å². The molecule has 8 heteroatoms. The summed E-state index contributed by atoms with van der Waals surface area (Å²) in [4.78, 5) is 12.8. The van der Waals surface area contributed by atoms with E-state index in [0.717, 1.165) is 0 Å². The molecule has 1 atom stereocenters. The summed E-state index contributed by atoms with van der Waals surface area (Å²) < 4.78 is 25.0. The van der Waals surface area contributed by atoms with Crippen molar-refractivity contribution >= 4 is 27.7 Å². The first kappa shape index (κ1) is 11.3. The lowest BCUT2D eigenvalue weighted by atomic mass is 10.1. The second-order valence-corrected chi connectivity index (χ2v) is 4.26. The van der Waals surface area contributed by atoms with Crippen molar-refractivity contribution in [2.24, 2.45) is 5.92 Å². The number of nitrogens with one attached hydrogen (secondary N) is 2. The van der Waals surface area contributed by atoms with E-state index in [4.69, 9.17) is 0 Å². The first-order chi connectivity index (χ1) is 7.56. The van der Waals surface area contributed by atoms with Gasteiger partial charge < -0.3 is 5.32 Å². The lowest BCUT2D eigenvalue weighted by Gasteiger charge is -2.11. The summed E-state index contributed by atoms with van der Waals surface area (Å²) >= 11 is 3.15. The van der Waals surface area contributed by atoms with Gasteiger partial charge in [0.25, 0.3) is 0 Å². The molecule has 1 aliphatic heterocycles. The summed E-state index contributed by atoms with van der Waals surface area (Å²) in [6.07, 6.45) is -2.94. The number of hydrogen-bond acceptors (Lipinski definition) is 3. The summed E-state index contributed by atoms with van der Waals surface area (Å²) in [5.74, 6) is -0.639. The minimum atomic E-state index is -2.49. The number of nitrogens with zero attached hydrogens (tertiary/aromatic N) is 2. The van der Waals surface area contributed by atoms with Gasteiger partial charge in [-0.05, 0) is 15.9 Å². The number of amides is 1. The van der Waals surface area contributed by atoms with Crippen molar-refractivity contribution in [2.45, 2.75) is 12.8 Å². The predicted molar refractivity (Wildman–Crippen MR) is 56.9 cm³/mol. The zero-order valence-electron chi connectivity index (χ0n) is 8.08. The molecule has 0 saturated carbocycles. The Balaban J connectivity index is 2.13. The van der Waals surface area contributed by atoms with Gasteiger partial charge in [0.2, 0.25) is 12.3 Å². The van der Waals surface area contributed by atoms with Crippen molar-refractivity contribution in [3.63, 3.8) is 0 Å². The smallest absolute Gasteiger partial charge is 0.245 e. The average Bonchev–Trinajstić information content (AvgIpc) is 2.46. The molecule has 1 amide bonds. The lowest BCUT2D eigenvalue weighted by Crippen LogP contribution is -2.31. The molecule has 1 unspecified atom stereocenters. The minimum Gasteiger partial charge on any atom is -0.368 e. The summed E-state index contributed by atoms with van der Waals surface area (Å²) in [7, 11) is 0. The Morgan fingerprint density at radius 1 is 1.69 bits per heavy atom. The molecule has 0 saturated heterocycles. The highest BCUT2D eigenvalue weighted by Gasteiger charge is 2.26. The van der Waals surface area contributed by atoms with Gasteiger partial charge in [-0.25, -0.2) is 14.2 Å². The molecule has 2 N–H and O–H groups in total. The van der Waals surface area contributed by atoms with Crippen molar-refractivity contribution in [3.8, 4) is 0 Å². The van der Waals surface area contributed by atoms with Crippen molar-refractivity contribution in [3.05, 3.63) is 10.7 Å². The summed E-state index contributed by atoms with van der Waals surface area (Å²) in [6.45, 7) is 0.175. The molecule has 0 fully saturated rings. The van der Waals surface area contributed by atoms with Gasteiger partial charge in [0, 0.05) is 19.0 Å². The quantitative estimate of drug-likeness (QED) is 0.867. The molecule has 1 aromatic heterocycles. The maximum atomic E-state index is 12.2. The first-order valence-corrected chi connectivity index (χ1v) is 5.44. The monoisotopic (exact) mass is 294 g/mol. The number of halogens is 3. The molecular formula is C8H9BrF2N4O. The van der Waals surface area contributed by atoms with Crippen LogP contribution in [-0.4, -0.2) is 28.8 Å². The van der Waals surface area contributed by atoms with Gasteiger partial charge in [-0.2, -0.15) is 4.79 Å². The number of fused-ring (bicyclic) bond motifs is 1. The third-order valence-electron chi connectivity index (χ3n) is 2.26. The van der Waals surface area contributed by atoms with E-state index in [-0.39, 0.29) is 6.54 Å². The van der Waals surface area contributed by atoms with E-state index in [0.29, 0.717) is 10.4 Å². The Morgan fingerprint density at radius 2 is 2.44 bits per heavy atom. The molecule has 0 radical (unpaired) electrons. The molecule has 88 valence electrons. The number of rotatable bonds is 2. The van der Waals surface area contributed by atoms with E-state index in [1.807, 2.05) is 0 Å². The molecular weight excluding hydrogens is 286 g/mol. The van der Waals surface area contributed by atoms with Crippen LogP contribution in [0.5, 0.6) is 0 Å². The third-order valence-corrected chi connectivity index (χ3v) is 2.65. The normalized spacial score (nSPS) is 20.0. The van der Waals surface area contributed by atoms with Gasteiger partial charge in [-0.1, -0.05) is 0 Å². The molecule has 2 heterocycles. The fourth-order valence-electron chi connectivity index (χ4n) is 1.48. The fraction of sp³-hybridized carbons (Fsp3) is 0.500. The maximum absolute atomic E-state index is 12.2. The van der Waals surface area contributed by atoms with Gasteiger partial charge in [0.1, 0.15) is 10.4 Å². The van der Waals surface area contributed by atoms with E-state index < -0.39 is 24.7 Å². The summed E-state index contributed by atoms with van der Waals surface area (Å²) in [5.41, 5.74) is 2.44. The number of anilines is 1. The van der Waals surface area contributed by atoms with E-state index in [9.17, 15) is 13.6 Å². The Morgan fingerprint density at radius 3 is 3.12 bits per heavy atom. The number of alkyl halides is 2. The van der Waals surface area contributed by atoms with Crippen molar-refractivity contribution in [2.75, 3.05) is 17.3 Å². The molecule has 0 aromatic carbocycles. The van der Waals surface area contributed by atoms with E-state index in [1.165, 1.54) is 4.79 Å². The third kappa shape index (κ3) is 2.31. The van der Waals surface area contributed by atoms with E-state index in [2.05, 4.69) is 31.8 Å². The van der Waals surface area contributed by atoms with Crippen LogP contribution in [0.15, 0.2) is 10.7 Å². The molecule has 0 aliphatic carbocycles. The van der Waals surface area contributed by atoms with Crippen LogP contribution in [0.25, 0.3) is 0 Å². The maximum Gasteiger partial charge on any atom is 0.245 e. The van der Waals surface area contributed by atoms with Crippen molar-refractivity contribution in [1.29, 1.82) is 0 Å². The largest absolute Gasteiger partial charge is 0.368 e. The first-order valence-electron chi connectivity index (χ1n) is 4.64. The Bertz CT molecular complexity index is 409. The summed E-state index contributed by atoms with van der Waals surface area (Å²) in [5, 5.41) is 6.81. The molecule has 16 heavy (non-hydrogen) atoms. The number of aromatic nitrogens is 2. The van der Waals surface area contributed by atoms with Crippen LogP contribution in [-0.2, 0) is 4.79 Å². The highest BCUT2D eigenvalue weighted by molar-refractivity contribution is 9.10. The predicted octanol–water partition coefficient (Wildman–Crippen LogP) is 1.41. The zero-order chi connectivity index (χ0) is 11.7. The molecule has 2 rings (SSSR count). The Kier molecular flexibility index (Phi) is 3.08. The lowest BCUT2D eigenvalue weighted by molar-refractivity contribution is -0.121. The molecule has 5 nitrogen and oxygen atoms in total. The Labute approximate surface area is 98.3 Å². The van der Waals surface area contributed by atoms with Crippen LogP contribution < -0.4 is 10.7 Å². The minimum absolute atomic E-state index is 0.175. The standard InChI is InChI=1S/C8H9BrF2N4O/c9-5-2-7-12-3-4(1-6(10)11)8(16)14-15(7)13-5/h2,4,6,12H,1,3H2,(H,14,16). The van der Waals surface area contributed by atoms with Gasteiger partial charge in [-0.15, -0.1) is 5.10 Å². The van der Waals surface area contributed by atoms with Crippen LogP contribution in [0.3, 0.4) is 0 Å². The topological polar surface area (TPSA) is 59.0 Å². The van der Waals surface area contributed by atoms with E-state index in [1.54, 1.807) is 6.07 Å². The van der Waals surface area contributed by atoms with Gasteiger partial charge in [0.05, 0.1) is 5.92 Å². The fourth-order valence-corrected chi connectivity index (χ4v) is 1.86. The van der Waals surface area contributed by atoms with E-state index >= 15 is 0 Å². The van der Waals surface area contributed by atoms with Gasteiger partial charge in [0.15, 0.2) is 0 Å².